The first-order chi connectivity index (χ1) is 24.7. The molecule has 4 rings (SSSR count). The topological polar surface area (TPSA) is 26.3 Å². The zero-order chi connectivity index (χ0) is 36.5. The van der Waals surface area contributed by atoms with Gasteiger partial charge in [0.25, 0.3) is 0 Å². The summed E-state index contributed by atoms with van der Waals surface area (Å²) in [4.78, 5) is 12.8. The van der Waals surface area contributed by atoms with Crippen molar-refractivity contribution in [3.05, 3.63) is 60.3 Å². The molecule has 3 saturated carbocycles. The van der Waals surface area contributed by atoms with Gasteiger partial charge in [0.2, 0.25) is 0 Å². The maximum atomic E-state index is 12.8. The van der Waals surface area contributed by atoms with Gasteiger partial charge in [-0.2, -0.15) is 0 Å². The average Bonchev–Trinajstić information content (AvgIpc) is 3.46. The Bertz CT molecular complexity index is 1170. The van der Waals surface area contributed by atoms with Crippen molar-refractivity contribution in [2.24, 2.45) is 46.3 Å². The molecule has 0 amide bonds. The van der Waals surface area contributed by atoms with Crippen molar-refractivity contribution in [3.63, 3.8) is 0 Å². The van der Waals surface area contributed by atoms with Crippen LogP contribution in [0.5, 0.6) is 0 Å². The van der Waals surface area contributed by atoms with E-state index in [9.17, 15) is 4.79 Å². The Morgan fingerprint density at radius 2 is 1.43 bits per heavy atom. The van der Waals surface area contributed by atoms with Crippen LogP contribution in [0.15, 0.2) is 60.3 Å². The number of allylic oxidation sites excluding steroid dienone is 9. The molecule has 51 heavy (non-hydrogen) atoms. The molecule has 0 aromatic carbocycles. The van der Waals surface area contributed by atoms with Gasteiger partial charge in [0.05, 0.1) is 0 Å². The lowest BCUT2D eigenvalue weighted by Crippen LogP contribution is -2.51. The van der Waals surface area contributed by atoms with Crippen molar-refractivity contribution in [2.45, 2.75) is 195 Å². The van der Waals surface area contributed by atoms with Crippen molar-refractivity contribution >= 4 is 5.97 Å². The molecule has 8 atom stereocenters. The molecule has 3 fully saturated rings. The summed E-state index contributed by atoms with van der Waals surface area (Å²) in [7, 11) is 0. The summed E-state index contributed by atoms with van der Waals surface area (Å²) in [5.74, 6) is 5.25. The average molecular weight is 701 g/mol. The Hall–Kier alpha value is -1.83. The molecule has 4 aliphatic carbocycles. The SMILES string of the molecule is CCCCC/C=C\C/C=C\C/C=C\C/C=C\CCCCCC(=O)O[C@H]1CC[C@@]2(C)C(=CCC3C4CCC([C@H](C)CCCC(C)C)[C@@]4(C)CCC32)C1. The molecule has 0 heterocycles. The summed E-state index contributed by atoms with van der Waals surface area (Å²) >= 11 is 0. The van der Waals surface area contributed by atoms with Crippen LogP contribution in [0.25, 0.3) is 0 Å². The Morgan fingerprint density at radius 3 is 2.10 bits per heavy atom. The summed E-state index contributed by atoms with van der Waals surface area (Å²) in [5, 5.41) is 0. The molecule has 0 bridgehead atoms. The molecule has 2 heteroatoms. The maximum Gasteiger partial charge on any atom is 0.306 e. The van der Waals surface area contributed by atoms with Crippen LogP contribution >= 0.6 is 0 Å². The fraction of sp³-hybridized carbons (Fsp3) is 0.776. The van der Waals surface area contributed by atoms with E-state index >= 15 is 0 Å². The first-order valence-electron chi connectivity index (χ1n) is 22.2. The van der Waals surface area contributed by atoms with Gasteiger partial charge < -0.3 is 4.74 Å². The van der Waals surface area contributed by atoms with Gasteiger partial charge in [-0.15, -0.1) is 0 Å². The van der Waals surface area contributed by atoms with Gasteiger partial charge in [-0.25, -0.2) is 0 Å². The van der Waals surface area contributed by atoms with Gasteiger partial charge in [-0.1, -0.05) is 140 Å². The Morgan fingerprint density at radius 1 is 0.765 bits per heavy atom. The molecule has 0 radical (unpaired) electrons. The van der Waals surface area contributed by atoms with Crippen LogP contribution in [0.2, 0.25) is 0 Å². The highest BCUT2D eigenvalue weighted by Gasteiger charge is 2.59. The van der Waals surface area contributed by atoms with E-state index in [1.165, 1.54) is 83.5 Å². The lowest BCUT2D eigenvalue weighted by molar-refractivity contribution is -0.151. The molecule has 0 spiro atoms. The Labute approximate surface area is 316 Å². The predicted octanol–water partition coefficient (Wildman–Crippen LogP) is 14.9. The van der Waals surface area contributed by atoms with Crippen LogP contribution in [0.4, 0.5) is 0 Å². The van der Waals surface area contributed by atoms with E-state index in [0.29, 0.717) is 17.3 Å². The lowest BCUT2D eigenvalue weighted by Gasteiger charge is -2.58. The smallest absolute Gasteiger partial charge is 0.306 e. The molecule has 4 aliphatic rings. The second kappa shape index (κ2) is 21.8. The second-order valence-electron chi connectivity index (χ2n) is 18.3. The normalized spacial score (nSPS) is 31.4. The monoisotopic (exact) mass is 701 g/mol. The maximum absolute atomic E-state index is 12.8. The van der Waals surface area contributed by atoms with E-state index in [1.54, 1.807) is 5.57 Å². The number of carbonyl (C=O) groups is 1. The number of hydrogen-bond acceptors (Lipinski definition) is 2. The molecule has 0 aliphatic heterocycles. The summed E-state index contributed by atoms with van der Waals surface area (Å²) < 4.78 is 6.12. The fourth-order valence-corrected chi connectivity index (χ4v) is 11.3. The minimum absolute atomic E-state index is 0.0311. The predicted molar refractivity (Wildman–Crippen MR) is 221 cm³/mol. The largest absolute Gasteiger partial charge is 0.462 e. The van der Waals surface area contributed by atoms with Crippen LogP contribution in [0.3, 0.4) is 0 Å². The van der Waals surface area contributed by atoms with E-state index < -0.39 is 0 Å². The van der Waals surface area contributed by atoms with Gasteiger partial charge in [-0.3, -0.25) is 4.79 Å². The van der Waals surface area contributed by atoms with Crippen LogP contribution in [0, 0.1) is 46.3 Å². The van der Waals surface area contributed by atoms with E-state index in [1.807, 2.05) is 0 Å². The molecule has 0 aromatic heterocycles. The fourth-order valence-electron chi connectivity index (χ4n) is 11.3. The minimum atomic E-state index is 0.0311. The number of rotatable bonds is 22. The molecular weight excluding hydrogens is 621 g/mol. The third kappa shape index (κ3) is 12.4. The summed E-state index contributed by atoms with van der Waals surface area (Å²) in [5.41, 5.74) is 2.49. The van der Waals surface area contributed by atoms with Crippen molar-refractivity contribution in [2.75, 3.05) is 0 Å². The molecular formula is C49H80O2. The van der Waals surface area contributed by atoms with Crippen molar-refractivity contribution < 1.29 is 9.53 Å². The molecule has 0 aromatic rings. The summed E-state index contributed by atoms with van der Waals surface area (Å²) in [6.07, 6.45) is 48.6. The third-order valence-electron chi connectivity index (χ3n) is 14.3. The van der Waals surface area contributed by atoms with E-state index in [2.05, 4.69) is 96.2 Å². The number of unbranched alkanes of at least 4 members (excludes halogenated alkanes) is 6. The molecule has 0 saturated heterocycles. The Kier molecular flexibility index (Phi) is 17.9. The first kappa shape index (κ1) is 41.9. The summed E-state index contributed by atoms with van der Waals surface area (Å²) in [6, 6.07) is 0. The number of ether oxygens (including phenoxy) is 1. The van der Waals surface area contributed by atoms with E-state index in [-0.39, 0.29) is 12.1 Å². The zero-order valence-electron chi connectivity index (χ0n) is 34.3. The van der Waals surface area contributed by atoms with Crippen molar-refractivity contribution in [1.82, 2.24) is 0 Å². The van der Waals surface area contributed by atoms with Gasteiger partial charge in [0.15, 0.2) is 0 Å². The van der Waals surface area contributed by atoms with Crippen molar-refractivity contribution in [1.29, 1.82) is 0 Å². The van der Waals surface area contributed by atoms with Crippen LogP contribution < -0.4 is 0 Å². The standard InChI is InChI=1S/C49H80O2/c1-7-8-9-10-11-12-13-14-15-16-17-18-19-20-21-22-23-24-25-29-47(50)51-42-34-36-48(5)41(38-42)30-31-43-45-33-32-44(40(4)28-26-27-39(2)3)49(45,6)37-35-46(43)48/h11-12,14-15,17-18,20-21,30,39-40,42-46H,7-10,13,16,19,22-29,31-38H2,1-6H3/b12-11-,15-14-,18-17-,21-20-/t40-,42+,43?,44?,45?,46?,48+,49-/m1/s1. The molecule has 288 valence electrons. The minimum Gasteiger partial charge on any atom is -0.462 e. The Balaban J connectivity index is 1.09. The third-order valence-corrected chi connectivity index (χ3v) is 14.3. The number of fused-ring (bicyclic) bond motifs is 5. The highest BCUT2D eigenvalue weighted by atomic mass is 16.5. The van der Waals surface area contributed by atoms with E-state index in [4.69, 9.17) is 4.74 Å². The number of esters is 1. The number of hydrogen-bond donors (Lipinski definition) is 0. The zero-order valence-corrected chi connectivity index (χ0v) is 34.3. The van der Waals surface area contributed by atoms with Crippen LogP contribution in [-0.2, 0) is 9.53 Å². The molecule has 0 N–H and O–H groups in total. The van der Waals surface area contributed by atoms with Crippen molar-refractivity contribution in [3.8, 4) is 0 Å². The van der Waals surface area contributed by atoms with Gasteiger partial charge in [-0.05, 0) is 143 Å². The highest BCUT2D eigenvalue weighted by molar-refractivity contribution is 5.69. The highest BCUT2D eigenvalue weighted by Crippen LogP contribution is 2.67. The van der Waals surface area contributed by atoms with Crippen LogP contribution in [0.1, 0.15) is 189 Å². The first-order valence-corrected chi connectivity index (χ1v) is 22.2. The summed E-state index contributed by atoms with van der Waals surface area (Å²) in [6.45, 7) is 14.9. The molecule has 4 unspecified atom stereocenters. The number of carbonyl (C=O) groups excluding carboxylic acids is 1. The van der Waals surface area contributed by atoms with Crippen LogP contribution in [-0.4, -0.2) is 12.1 Å². The second-order valence-corrected chi connectivity index (χ2v) is 18.3. The quantitative estimate of drug-likeness (QED) is 0.0638. The van der Waals surface area contributed by atoms with Gasteiger partial charge >= 0.3 is 5.97 Å². The van der Waals surface area contributed by atoms with Gasteiger partial charge in [0.1, 0.15) is 6.10 Å². The molecule has 2 nitrogen and oxygen atoms in total. The van der Waals surface area contributed by atoms with Gasteiger partial charge in [0, 0.05) is 12.8 Å². The van der Waals surface area contributed by atoms with E-state index in [0.717, 1.165) is 93.3 Å². The lowest BCUT2D eigenvalue weighted by atomic mass is 9.47.